The molecule has 4 aromatic rings. The molecule has 0 saturated heterocycles. The maximum atomic E-state index is 4.79. The Hall–Kier alpha value is -2.71. The summed E-state index contributed by atoms with van der Waals surface area (Å²) in [6, 6.07) is 20.2. The van der Waals surface area contributed by atoms with E-state index in [1.54, 1.807) is 16.4 Å². The number of benzene rings is 2. The predicted octanol–water partition coefficient (Wildman–Crippen LogP) is 4.46. The number of hydrogen-bond acceptors (Lipinski definition) is 5. The van der Waals surface area contributed by atoms with E-state index in [1.165, 1.54) is 0 Å². The van der Waals surface area contributed by atoms with E-state index < -0.39 is 0 Å². The highest BCUT2D eigenvalue weighted by atomic mass is 79.9. The second-order valence-electron chi connectivity index (χ2n) is 5.99. The van der Waals surface area contributed by atoms with Crippen molar-refractivity contribution in [2.75, 3.05) is 5.75 Å². The second-order valence-corrected chi connectivity index (χ2v) is 7.85. The fourth-order valence-electron chi connectivity index (χ4n) is 2.87. The molecule has 0 fully saturated rings. The average Bonchev–Trinajstić information content (AvgIpc) is 3.36. The van der Waals surface area contributed by atoms with Crippen LogP contribution in [-0.2, 0) is 0 Å². The average molecular weight is 437 g/mol. The molecule has 0 saturated carbocycles. The van der Waals surface area contributed by atoms with Gasteiger partial charge in [-0.25, -0.2) is 0 Å². The van der Waals surface area contributed by atoms with Crippen LogP contribution < -0.4 is 0 Å². The smallest absolute Gasteiger partial charge is 0.212 e. The van der Waals surface area contributed by atoms with Gasteiger partial charge in [-0.1, -0.05) is 70.2 Å². The zero-order chi connectivity index (χ0) is 18.2. The lowest BCUT2D eigenvalue weighted by molar-refractivity contribution is 0.760. The van der Waals surface area contributed by atoms with Crippen molar-refractivity contribution < 1.29 is 0 Å². The van der Waals surface area contributed by atoms with Crippen molar-refractivity contribution in [3.05, 3.63) is 70.7 Å². The molecule has 2 aromatic carbocycles. The number of H-pyrrole nitrogens is 1. The molecule has 0 aliphatic carbocycles. The maximum Gasteiger partial charge on any atom is 0.212 e. The molecule has 0 amide bonds. The van der Waals surface area contributed by atoms with Crippen molar-refractivity contribution in [3.8, 4) is 22.8 Å². The molecule has 3 heterocycles. The quantitative estimate of drug-likeness (QED) is 0.514. The highest BCUT2D eigenvalue weighted by Crippen LogP contribution is 2.29. The predicted molar refractivity (Wildman–Crippen MR) is 110 cm³/mol. The monoisotopic (exact) mass is 436 g/mol. The summed E-state index contributed by atoms with van der Waals surface area (Å²) >= 11 is 5.10. The zero-order valence-electron chi connectivity index (χ0n) is 14.0. The largest absolute Gasteiger partial charge is 0.274 e. The van der Waals surface area contributed by atoms with Crippen LogP contribution in [0.15, 0.2) is 75.4 Å². The van der Waals surface area contributed by atoms with Gasteiger partial charge in [0, 0.05) is 15.8 Å². The van der Waals surface area contributed by atoms with Crippen LogP contribution in [0.25, 0.3) is 22.8 Å². The van der Waals surface area contributed by atoms with E-state index in [2.05, 4.69) is 48.5 Å². The second kappa shape index (κ2) is 6.79. The number of nitrogens with zero attached hydrogens (tertiary/aromatic N) is 5. The Labute approximate surface area is 167 Å². The molecule has 0 bridgehead atoms. The van der Waals surface area contributed by atoms with Gasteiger partial charge >= 0.3 is 0 Å². The SMILES string of the molecule is Brc1ccc(C2=Nn3c(nnc3-c3cc(-c4ccccc4)n[nH]3)SC2)cc1. The molecule has 0 radical (unpaired) electrons. The summed E-state index contributed by atoms with van der Waals surface area (Å²) < 4.78 is 2.83. The Morgan fingerprint density at radius 1 is 0.963 bits per heavy atom. The first kappa shape index (κ1) is 16.5. The van der Waals surface area contributed by atoms with Gasteiger partial charge in [-0.3, -0.25) is 5.10 Å². The van der Waals surface area contributed by atoms with Gasteiger partial charge in [-0.15, -0.1) is 10.2 Å². The molecule has 0 unspecified atom stereocenters. The van der Waals surface area contributed by atoms with Crippen molar-refractivity contribution in [1.82, 2.24) is 25.1 Å². The van der Waals surface area contributed by atoms with E-state index in [9.17, 15) is 0 Å². The third kappa shape index (κ3) is 3.11. The first-order chi connectivity index (χ1) is 13.3. The zero-order valence-corrected chi connectivity index (χ0v) is 16.4. The molecule has 1 aliphatic rings. The van der Waals surface area contributed by atoms with Gasteiger partial charge in [0.25, 0.3) is 0 Å². The lowest BCUT2D eigenvalue weighted by Crippen LogP contribution is -2.13. The van der Waals surface area contributed by atoms with Crippen molar-refractivity contribution >= 4 is 33.4 Å². The van der Waals surface area contributed by atoms with Crippen LogP contribution in [0.2, 0.25) is 0 Å². The highest BCUT2D eigenvalue weighted by Gasteiger charge is 2.22. The molecule has 8 heteroatoms. The van der Waals surface area contributed by atoms with Gasteiger partial charge in [-0.2, -0.15) is 14.9 Å². The first-order valence-corrected chi connectivity index (χ1v) is 10.1. The van der Waals surface area contributed by atoms with Crippen LogP contribution in [0.4, 0.5) is 0 Å². The van der Waals surface area contributed by atoms with Crippen molar-refractivity contribution in [3.63, 3.8) is 0 Å². The molecular formula is C19H13BrN6S. The molecule has 0 spiro atoms. The van der Waals surface area contributed by atoms with Gasteiger partial charge in [0.1, 0.15) is 5.69 Å². The van der Waals surface area contributed by atoms with E-state index in [1.807, 2.05) is 48.5 Å². The van der Waals surface area contributed by atoms with Crippen molar-refractivity contribution in [2.45, 2.75) is 5.16 Å². The minimum absolute atomic E-state index is 0.654. The number of aromatic nitrogens is 5. The third-order valence-corrected chi connectivity index (χ3v) is 5.70. The number of fused-ring (bicyclic) bond motifs is 1. The molecule has 2 aromatic heterocycles. The van der Waals surface area contributed by atoms with E-state index in [4.69, 9.17) is 5.10 Å². The summed E-state index contributed by atoms with van der Waals surface area (Å²) in [5, 5.41) is 21.6. The topological polar surface area (TPSA) is 71.8 Å². The molecule has 5 rings (SSSR count). The van der Waals surface area contributed by atoms with Crippen LogP contribution in [0.3, 0.4) is 0 Å². The van der Waals surface area contributed by atoms with Gasteiger partial charge in [0.05, 0.1) is 11.4 Å². The Kier molecular flexibility index (Phi) is 4.14. The highest BCUT2D eigenvalue weighted by molar-refractivity contribution is 9.10. The fraction of sp³-hybridized carbons (Fsp3) is 0.0526. The third-order valence-electron chi connectivity index (χ3n) is 4.24. The summed E-state index contributed by atoms with van der Waals surface area (Å²) in [5.74, 6) is 1.42. The lowest BCUT2D eigenvalue weighted by Gasteiger charge is -2.13. The fourth-order valence-corrected chi connectivity index (χ4v) is 3.98. The molecule has 1 N–H and O–H groups in total. The molecule has 6 nitrogen and oxygen atoms in total. The number of halogens is 1. The van der Waals surface area contributed by atoms with Gasteiger partial charge in [0.2, 0.25) is 11.0 Å². The Morgan fingerprint density at radius 2 is 1.78 bits per heavy atom. The number of hydrogen-bond donors (Lipinski definition) is 1. The number of thioether (sulfide) groups is 1. The lowest BCUT2D eigenvalue weighted by atomic mass is 10.1. The van der Waals surface area contributed by atoms with Crippen LogP contribution >= 0.6 is 27.7 Å². The normalized spacial score (nSPS) is 13.3. The number of nitrogens with one attached hydrogen (secondary N) is 1. The summed E-state index contributed by atoms with van der Waals surface area (Å²) in [7, 11) is 0. The van der Waals surface area contributed by atoms with Crippen molar-refractivity contribution in [2.24, 2.45) is 5.10 Å². The van der Waals surface area contributed by atoms with E-state index >= 15 is 0 Å². The molecule has 132 valence electrons. The molecule has 1 aliphatic heterocycles. The van der Waals surface area contributed by atoms with Gasteiger partial charge in [-0.05, 0) is 23.8 Å². The molecule has 27 heavy (non-hydrogen) atoms. The van der Waals surface area contributed by atoms with Crippen LogP contribution in [0, 0.1) is 0 Å². The maximum absolute atomic E-state index is 4.79. The minimum Gasteiger partial charge on any atom is -0.274 e. The van der Waals surface area contributed by atoms with Gasteiger partial charge < -0.3 is 0 Å². The first-order valence-electron chi connectivity index (χ1n) is 8.31. The summed E-state index contributed by atoms with van der Waals surface area (Å²) in [6.45, 7) is 0. The van der Waals surface area contributed by atoms with E-state index in [0.717, 1.165) is 43.6 Å². The number of aromatic amines is 1. The van der Waals surface area contributed by atoms with E-state index in [0.29, 0.717) is 5.82 Å². The Balaban J connectivity index is 1.53. The minimum atomic E-state index is 0.654. The van der Waals surface area contributed by atoms with E-state index in [-0.39, 0.29) is 0 Å². The van der Waals surface area contributed by atoms with Crippen LogP contribution in [0.5, 0.6) is 0 Å². The van der Waals surface area contributed by atoms with Crippen LogP contribution in [-0.4, -0.2) is 36.5 Å². The molecular weight excluding hydrogens is 424 g/mol. The standard InChI is InChI=1S/C19H13BrN6S/c20-14-8-6-13(7-9-14)17-11-27-19-24-23-18(26(19)25-17)16-10-15(21-22-16)12-4-2-1-3-5-12/h1-10H,11H2,(H,21,22). The summed E-state index contributed by atoms with van der Waals surface area (Å²) in [4.78, 5) is 0. The summed E-state index contributed by atoms with van der Waals surface area (Å²) in [6.07, 6.45) is 0. The van der Waals surface area contributed by atoms with Crippen LogP contribution in [0.1, 0.15) is 5.56 Å². The molecule has 0 atom stereocenters. The Morgan fingerprint density at radius 3 is 2.59 bits per heavy atom. The van der Waals surface area contributed by atoms with Gasteiger partial charge in [0.15, 0.2) is 0 Å². The summed E-state index contributed by atoms with van der Waals surface area (Å²) in [5.41, 5.74) is 4.78. The Bertz CT molecular complexity index is 1130. The van der Waals surface area contributed by atoms with Crippen molar-refractivity contribution in [1.29, 1.82) is 0 Å². The number of rotatable bonds is 3.